The lowest BCUT2D eigenvalue weighted by Gasteiger charge is -2.24. The predicted octanol–water partition coefficient (Wildman–Crippen LogP) is 0.955. The molecule has 1 aliphatic rings. The van der Waals surface area contributed by atoms with Crippen molar-refractivity contribution >= 4 is 0 Å². The van der Waals surface area contributed by atoms with Gasteiger partial charge in [0, 0.05) is 43.1 Å². The number of aromatic nitrogens is 1. The number of piperazine rings is 1. The summed E-state index contributed by atoms with van der Waals surface area (Å²) in [4.78, 5) is 6.73. The Hall–Kier alpha value is -1.37. The van der Waals surface area contributed by atoms with Gasteiger partial charge in [0.05, 0.1) is 6.54 Å². The van der Waals surface area contributed by atoms with Crippen LogP contribution in [0, 0.1) is 25.7 Å². The lowest BCUT2D eigenvalue weighted by atomic mass is 10.2. The van der Waals surface area contributed by atoms with Gasteiger partial charge in [-0.15, -0.1) is 0 Å². The number of hydrogen-bond acceptors (Lipinski definition) is 3. The van der Waals surface area contributed by atoms with E-state index < -0.39 is 0 Å². The summed E-state index contributed by atoms with van der Waals surface area (Å²) in [5.41, 5.74) is 3.15. The van der Waals surface area contributed by atoms with Crippen LogP contribution in [0.2, 0.25) is 0 Å². The van der Waals surface area contributed by atoms with Crippen molar-refractivity contribution in [2.45, 2.75) is 13.8 Å². The summed E-state index contributed by atoms with van der Waals surface area (Å²) in [5, 5.41) is 3.34. The number of nitrogens with zero attached hydrogens (tertiary/aromatic N) is 2. The number of hydrogen-bond donors (Lipinski definition) is 1. The normalized spacial score (nSPS) is 16.4. The maximum Gasteiger partial charge on any atom is 0.0606 e. The van der Waals surface area contributed by atoms with Gasteiger partial charge in [-0.05, 0) is 26.0 Å². The van der Waals surface area contributed by atoms with E-state index in [4.69, 9.17) is 0 Å². The smallest absolute Gasteiger partial charge is 0.0606 e. The zero-order valence-corrected chi connectivity index (χ0v) is 10.6. The minimum atomic E-state index is 0.863. The molecule has 0 amide bonds. The van der Waals surface area contributed by atoms with E-state index in [1.54, 1.807) is 0 Å². The molecule has 1 fully saturated rings. The molecule has 0 saturated carbocycles. The van der Waals surface area contributed by atoms with Crippen molar-refractivity contribution < 1.29 is 0 Å². The molecule has 0 bridgehead atoms. The van der Waals surface area contributed by atoms with E-state index in [9.17, 15) is 0 Å². The molecule has 0 aromatic carbocycles. The number of aryl methyl sites for hydroxylation is 2. The van der Waals surface area contributed by atoms with Crippen LogP contribution in [0.3, 0.4) is 0 Å². The Bertz CT molecular complexity index is 416. The summed E-state index contributed by atoms with van der Waals surface area (Å²) < 4.78 is 0. The molecule has 1 aliphatic heterocycles. The molecule has 2 heterocycles. The van der Waals surface area contributed by atoms with Crippen molar-refractivity contribution in [3.8, 4) is 11.8 Å². The van der Waals surface area contributed by atoms with Gasteiger partial charge in [0.1, 0.15) is 0 Å². The van der Waals surface area contributed by atoms with E-state index in [1.165, 1.54) is 0 Å². The van der Waals surface area contributed by atoms with Gasteiger partial charge in [0.2, 0.25) is 0 Å². The Balaban J connectivity index is 1.95. The molecule has 2 rings (SSSR count). The average molecular weight is 229 g/mol. The van der Waals surface area contributed by atoms with Crippen molar-refractivity contribution in [3.63, 3.8) is 0 Å². The Labute approximate surface area is 103 Å². The van der Waals surface area contributed by atoms with E-state index in [-0.39, 0.29) is 0 Å². The molecule has 0 spiro atoms. The van der Waals surface area contributed by atoms with Gasteiger partial charge < -0.3 is 5.32 Å². The standard InChI is InChI=1S/C14H19N3/c1-12-10-14(11-13(2)16-12)4-3-7-17-8-5-15-6-9-17/h10-11,15H,5-9H2,1-2H3. The SMILES string of the molecule is Cc1cc(C#CCN2CCNCC2)cc(C)n1. The first-order valence-corrected chi connectivity index (χ1v) is 6.11. The summed E-state index contributed by atoms with van der Waals surface area (Å²) in [7, 11) is 0. The maximum absolute atomic E-state index is 4.35. The average Bonchev–Trinajstić information content (AvgIpc) is 2.29. The minimum absolute atomic E-state index is 0.863. The van der Waals surface area contributed by atoms with Gasteiger partial charge in [-0.25, -0.2) is 0 Å². The van der Waals surface area contributed by atoms with Gasteiger partial charge in [-0.2, -0.15) is 0 Å². The number of pyridine rings is 1. The highest BCUT2D eigenvalue weighted by Gasteiger charge is 2.06. The first-order chi connectivity index (χ1) is 8.24. The first-order valence-electron chi connectivity index (χ1n) is 6.11. The molecule has 0 unspecified atom stereocenters. The molecular weight excluding hydrogens is 210 g/mol. The maximum atomic E-state index is 4.35. The van der Waals surface area contributed by atoms with Crippen molar-refractivity contribution in [1.29, 1.82) is 0 Å². The molecule has 1 aromatic heterocycles. The summed E-state index contributed by atoms with van der Waals surface area (Å²) in [5.74, 6) is 6.47. The van der Waals surface area contributed by atoms with Crippen LogP contribution >= 0.6 is 0 Å². The van der Waals surface area contributed by atoms with E-state index in [0.29, 0.717) is 0 Å². The number of nitrogens with one attached hydrogen (secondary N) is 1. The van der Waals surface area contributed by atoms with Gasteiger partial charge >= 0.3 is 0 Å². The van der Waals surface area contributed by atoms with E-state index in [1.807, 2.05) is 26.0 Å². The predicted molar refractivity (Wildman–Crippen MR) is 69.9 cm³/mol. The van der Waals surface area contributed by atoms with Crippen LogP contribution in [0.5, 0.6) is 0 Å². The van der Waals surface area contributed by atoms with Gasteiger partial charge in [0.15, 0.2) is 0 Å². The van der Waals surface area contributed by atoms with Gasteiger partial charge in [-0.3, -0.25) is 9.88 Å². The molecule has 3 heteroatoms. The zero-order valence-electron chi connectivity index (χ0n) is 10.6. The fourth-order valence-corrected chi connectivity index (χ4v) is 2.03. The van der Waals surface area contributed by atoms with Gasteiger partial charge in [0.25, 0.3) is 0 Å². The van der Waals surface area contributed by atoms with Crippen molar-refractivity contribution in [1.82, 2.24) is 15.2 Å². The highest BCUT2D eigenvalue weighted by molar-refractivity contribution is 5.36. The largest absolute Gasteiger partial charge is 0.314 e. The van der Waals surface area contributed by atoms with Crippen LogP contribution in [0.25, 0.3) is 0 Å². The van der Waals surface area contributed by atoms with Crippen LogP contribution in [-0.2, 0) is 0 Å². The van der Waals surface area contributed by atoms with Crippen LogP contribution in [0.4, 0.5) is 0 Å². The first kappa shape index (κ1) is 12.1. The highest BCUT2D eigenvalue weighted by atomic mass is 15.2. The molecular formula is C14H19N3. The quantitative estimate of drug-likeness (QED) is 0.727. The van der Waals surface area contributed by atoms with Crippen LogP contribution in [0.1, 0.15) is 17.0 Å². The number of rotatable bonds is 1. The third kappa shape index (κ3) is 3.85. The molecule has 1 saturated heterocycles. The van der Waals surface area contributed by atoms with Crippen LogP contribution in [0.15, 0.2) is 12.1 Å². The Morgan fingerprint density at radius 1 is 1.24 bits per heavy atom. The monoisotopic (exact) mass is 229 g/mol. The van der Waals surface area contributed by atoms with E-state index >= 15 is 0 Å². The lowest BCUT2D eigenvalue weighted by molar-refractivity contribution is 0.268. The molecule has 1 N–H and O–H groups in total. The second kappa shape index (κ2) is 5.81. The lowest BCUT2D eigenvalue weighted by Crippen LogP contribution is -2.43. The fourth-order valence-electron chi connectivity index (χ4n) is 2.03. The third-order valence-corrected chi connectivity index (χ3v) is 2.83. The second-order valence-corrected chi connectivity index (χ2v) is 4.47. The van der Waals surface area contributed by atoms with Gasteiger partial charge in [-0.1, -0.05) is 11.8 Å². The van der Waals surface area contributed by atoms with Crippen LogP contribution in [-0.4, -0.2) is 42.6 Å². The van der Waals surface area contributed by atoms with Crippen molar-refractivity contribution in [2.75, 3.05) is 32.7 Å². The fraction of sp³-hybridized carbons (Fsp3) is 0.500. The summed E-state index contributed by atoms with van der Waals surface area (Å²) in [6.07, 6.45) is 0. The minimum Gasteiger partial charge on any atom is -0.314 e. The molecule has 1 aromatic rings. The highest BCUT2D eigenvalue weighted by Crippen LogP contribution is 2.03. The summed E-state index contributed by atoms with van der Waals surface area (Å²) >= 11 is 0. The molecule has 17 heavy (non-hydrogen) atoms. The molecule has 0 atom stereocenters. The summed E-state index contributed by atoms with van der Waals surface area (Å²) in [6, 6.07) is 4.08. The Morgan fingerprint density at radius 2 is 1.88 bits per heavy atom. The van der Waals surface area contributed by atoms with Crippen molar-refractivity contribution in [3.05, 3.63) is 29.1 Å². The molecule has 3 nitrogen and oxygen atoms in total. The molecule has 0 aliphatic carbocycles. The summed E-state index contributed by atoms with van der Waals surface area (Å²) in [6.45, 7) is 9.24. The topological polar surface area (TPSA) is 28.2 Å². The zero-order chi connectivity index (χ0) is 12.1. The Kier molecular flexibility index (Phi) is 4.13. The molecule has 0 radical (unpaired) electrons. The third-order valence-electron chi connectivity index (χ3n) is 2.83. The molecule has 90 valence electrons. The Morgan fingerprint density at radius 3 is 2.53 bits per heavy atom. The van der Waals surface area contributed by atoms with E-state index in [0.717, 1.165) is 49.7 Å². The van der Waals surface area contributed by atoms with E-state index in [2.05, 4.69) is 27.0 Å². The van der Waals surface area contributed by atoms with Crippen molar-refractivity contribution in [2.24, 2.45) is 0 Å². The van der Waals surface area contributed by atoms with Crippen LogP contribution < -0.4 is 5.32 Å². The second-order valence-electron chi connectivity index (χ2n) is 4.47.